The summed E-state index contributed by atoms with van der Waals surface area (Å²) in [6, 6.07) is 6.74. The van der Waals surface area contributed by atoms with E-state index in [4.69, 9.17) is 4.42 Å². The molecule has 0 amide bonds. The summed E-state index contributed by atoms with van der Waals surface area (Å²) in [5.74, 6) is -1.43. The highest BCUT2D eigenvalue weighted by Gasteiger charge is 2.36. The van der Waals surface area contributed by atoms with Crippen molar-refractivity contribution in [3.8, 4) is 11.5 Å². The highest BCUT2D eigenvalue weighted by atomic mass is 32.2. The van der Waals surface area contributed by atoms with Gasteiger partial charge in [-0.15, -0.1) is 11.3 Å². The number of halogens is 3. The van der Waals surface area contributed by atoms with Crippen LogP contribution in [0.3, 0.4) is 0 Å². The summed E-state index contributed by atoms with van der Waals surface area (Å²) in [6.07, 6.45) is -4.17. The van der Waals surface area contributed by atoms with Gasteiger partial charge < -0.3 is 8.94 Å². The lowest BCUT2D eigenvalue weighted by Gasteiger charge is -2.02. The van der Waals surface area contributed by atoms with Crippen LogP contribution in [0.25, 0.3) is 11.5 Å². The molecule has 0 aromatic carbocycles. The zero-order chi connectivity index (χ0) is 18.1. The van der Waals surface area contributed by atoms with Crippen LogP contribution in [0, 0.1) is 0 Å². The Hall–Kier alpha value is -2.11. The van der Waals surface area contributed by atoms with Crippen LogP contribution in [-0.2, 0) is 22.6 Å². The molecule has 0 saturated heterocycles. The number of furan rings is 1. The minimum Gasteiger partial charge on any atom is -0.441 e. The van der Waals surface area contributed by atoms with Gasteiger partial charge in [-0.05, 0) is 30.0 Å². The molecule has 134 valence electrons. The second kappa shape index (κ2) is 6.65. The number of nitrogens with one attached hydrogen (secondary N) is 1. The monoisotopic (exact) mass is 392 g/mol. The zero-order valence-electron chi connectivity index (χ0n) is 12.4. The van der Waals surface area contributed by atoms with Crippen molar-refractivity contribution in [2.75, 3.05) is 6.54 Å². The van der Waals surface area contributed by atoms with Crippen LogP contribution in [0.5, 0.6) is 0 Å². The fraction of sp³-hybridized carbons (Fsp3) is 0.214. The van der Waals surface area contributed by atoms with Crippen molar-refractivity contribution < 1.29 is 30.5 Å². The van der Waals surface area contributed by atoms with Crippen molar-refractivity contribution >= 4 is 21.4 Å². The van der Waals surface area contributed by atoms with E-state index in [2.05, 4.69) is 14.4 Å². The van der Waals surface area contributed by atoms with Gasteiger partial charge in [0.05, 0.1) is 0 Å². The van der Waals surface area contributed by atoms with E-state index in [9.17, 15) is 21.6 Å². The van der Waals surface area contributed by atoms with Gasteiger partial charge in [-0.3, -0.25) is 0 Å². The molecular weight excluding hydrogens is 381 g/mol. The van der Waals surface area contributed by atoms with Gasteiger partial charge in [0.2, 0.25) is 10.9 Å². The molecule has 25 heavy (non-hydrogen) atoms. The van der Waals surface area contributed by atoms with Crippen LogP contribution >= 0.6 is 11.3 Å². The molecule has 0 spiro atoms. The van der Waals surface area contributed by atoms with Crippen molar-refractivity contribution in [3.63, 3.8) is 0 Å². The van der Waals surface area contributed by atoms with E-state index in [1.54, 1.807) is 0 Å². The Morgan fingerprint density at radius 1 is 1.24 bits per heavy atom. The Bertz CT molecular complexity index is 943. The Kier molecular flexibility index (Phi) is 4.71. The van der Waals surface area contributed by atoms with Crippen molar-refractivity contribution in [1.29, 1.82) is 0 Å². The molecule has 0 bridgehead atoms. The van der Waals surface area contributed by atoms with Gasteiger partial charge in [0.1, 0.15) is 5.69 Å². The molecule has 11 heteroatoms. The zero-order valence-corrected chi connectivity index (χ0v) is 14.0. The van der Waals surface area contributed by atoms with Crippen LogP contribution in [0.15, 0.2) is 49.7 Å². The van der Waals surface area contributed by atoms with Crippen LogP contribution in [0.4, 0.5) is 13.2 Å². The largest absolute Gasteiger partial charge is 0.452 e. The number of alkyl halides is 3. The molecule has 0 radical (unpaired) electrons. The van der Waals surface area contributed by atoms with Crippen LogP contribution < -0.4 is 4.72 Å². The molecule has 0 aliphatic rings. The summed E-state index contributed by atoms with van der Waals surface area (Å²) in [4.78, 5) is 1.02. The molecule has 3 aromatic heterocycles. The van der Waals surface area contributed by atoms with E-state index in [0.717, 1.165) is 10.9 Å². The minimum atomic E-state index is -4.68. The van der Waals surface area contributed by atoms with Gasteiger partial charge >= 0.3 is 6.18 Å². The van der Waals surface area contributed by atoms with Gasteiger partial charge in [0.25, 0.3) is 10.0 Å². The van der Waals surface area contributed by atoms with E-state index < -0.39 is 27.1 Å². The first-order valence-corrected chi connectivity index (χ1v) is 9.28. The van der Waals surface area contributed by atoms with Crippen molar-refractivity contribution in [3.05, 3.63) is 46.3 Å². The van der Waals surface area contributed by atoms with Gasteiger partial charge in [-0.2, -0.15) is 13.2 Å². The fourth-order valence-electron chi connectivity index (χ4n) is 1.96. The third-order valence-electron chi connectivity index (χ3n) is 3.13. The highest BCUT2D eigenvalue weighted by molar-refractivity contribution is 7.89. The molecule has 0 aliphatic heterocycles. The smallest absolute Gasteiger partial charge is 0.441 e. The number of hydrogen-bond acceptors (Lipinski definition) is 6. The fourth-order valence-corrected chi connectivity index (χ4v) is 3.63. The topological polar surface area (TPSA) is 85.3 Å². The van der Waals surface area contributed by atoms with Crippen molar-refractivity contribution in [2.45, 2.75) is 17.7 Å². The van der Waals surface area contributed by atoms with Crippen LogP contribution in [0.1, 0.15) is 10.6 Å². The van der Waals surface area contributed by atoms with E-state index in [1.807, 2.05) is 17.5 Å². The first kappa shape index (κ1) is 17.7. The summed E-state index contributed by atoms with van der Waals surface area (Å²) in [5, 5.41) is 4.71. The second-order valence-corrected chi connectivity index (χ2v) is 7.65. The van der Waals surface area contributed by atoms with Gasteiger partial charge in [-0.25, -0.2) is 13.1 Å². The predicted molar refractivity (Wildman–Crippen MR) is 82.4 cm³/mol. The summed E-state index contributed by atoms with van der Waals surface area (Å²) < 4.78 is 73.4. The highest BCUT2D eigenvalue weighted by Crippen LogP contribution is 2.33. The van der Waals surface area contributed by atoms with E-state index in [1.165, 1.54) is 17.4 Å². The maximum atomic E-state index is 12.5. The summed E-state index contributed by atoms with van der Waals surface area (Å²) in [6.45, 7) is 0.168. The van der Waals surface area contributed by atoms with Gasteiger partial charge in [0, 0.05) is 17.5 Å². The standard InChI is InChI=1S/C14H11F3N2O4S2/c15-14(16,17)12-8-10(19-23-12)11-3-4-13(22-11)25(20,21)18-6-5-9-2-1-7-24-9/h1-4,7-8,18H,5-6H2. The van der Waals surface area contributed by atoms with Crippen LogP contribution in [0.2, 0.25) is 0 Å². The van der Waals surface area contributed by atoms with Crippen molar-refractivity contribution in [1.82, 2.24) is 9.88 Å². The third kappa shape index (κ3) is 4.11. The Morgan fingerprint density at radius 3 is 2.68 bits per heavy atom. The molecule has 0 aliphatic carbocycles. The average Bonchev–Trinajstić information content (AvgIpc) is 3.27. The second-order valence-electron chi connectivity index (χ2n) is 4.92. The molecule has 3 rings (SSSR count). The number of rotatable bonds is 6. The summed E-state index contributed by atoms with van der Waals surface area (Å²) in [7, 11) is -3.91. The predicted octanol–water partition coefficient (Wildman–Crippen LogP) is 3.54. The van der Waals surface area contributed by atoms with E-state index >= 15 is 0 Å². The third-order valence-corrected chi connectivity index (χ3v) is 5.40. The quantitative estimate of drug-likeness (QED) is 0.694. The lowest BCUT2D eigenvalue weighted by Crippen LogP contribution is -2.25. The molecule has 0 atom stereocenters. The lowest BCUT2D eigenvalue weighted by atomic mass is 10.3. The number of thiophene rings is 1. The normalized spacial score (nSPS) is 12.6. The summed E-state index contributed by atoms with van der Waals surface area (Å²) >= 11 is 1.51. The van der Waals surface area contributed by atoms with Crippen molar-refractivity contribution in [2.24, 2.45) is 0 Å². The number of nitrogens with zero attached hydrogens (tertiary/aromatic N) is 1. The molecular formula is C14H11F3N2O4S2. The van der Waals surface area contributed by atoms with Gasteiger partial charge in [-0.1, -0.05) is 11.2 Å². The SMILES string of the molecule is O=S(=O)(NCCc1cccs1)c1ccc(-c2cc(C(F)(F)F)on2)o1. The van der Waals surface area contributed by atoms with E-state index in [0.29, 0.717) is 12.5 Å². The van der Waals surface area contributed by atoms with E-state index in [-0.39, 0.29) is 18.0 Å². The first-order chi connectivity index (χ1) is 11.8. The molecule has 3 heterocycles. The number of sulfonamides is 1. The maximum Gasteiger partial charge on any atom is 0.452 e. The minimum absolute atomic E-state index is 0.141. The Labute approximate surface area is 144 Å². The average molecular weight is 392 g/mol. The molecule has 0 fully saturated rings. The van der Waals surface area contributed by atoms with Crippen LogP contribution in [-0.4, -0.2) is 20.1 Å². The Morgan fingerprint density at radius 2 is 2.04 bits per heavy atom. The Balaban J connectivity index is 1.70. The molecule has 6 nitrogen and oxygen atoms in total. The number of aromatic nitrogens is 1. The molecule has 0 saturated carbocycles. The molecule has 3 aromatic rings. The van der Waals surface area contributed by atoms with Gasteiger partial charge in [0.15, 0.2) is 5.76 Å². The molecule has 1 N–H and O–H groups in total. The molecule has 0 unspecified atom stereocenters. The first-order valence-electron chi connectivity index (χ1n) is 6.92. The lowest BCUT2D eigenvalue weighted by molar-refractivity contribution is -0.155. The number of hydrogen-bond donors (Lipinski definition) is 1. The maximum absolute atomic E-state index is 12.5. The summed E-state index contributed by atoms with van der Waals surface area (Å²) in [5.41, 5.74) is -0.243.